The lowest BCUT2D eigenvalue weighted by Gasteiger charge is -2.47. The van der Waals surface area contributed by atoms with Crippen molar-refractivity contribution in [2.24, 2.45) is 17.1 Å². The standard InChI is InChI=1S/C30H36F4N4O3/c31-25-15-21(4-6-24(25)28(40)38-12-1-3-22(38)16-27(35)39)26-7-5-23(17-36-26)41-18-20-8-13-37(14-9-20)19-29(10-2-11-29)30(32,33)34/h4-7,15,17,20,22H,1-3,8-14,16,18-19H2,(H2,35,39). The Hall–Kier alpha value is -3.21. The van der Waals surface area contributed by atoms with Crippen LogP contribution >= 0.6 is 0 Å². The van der Waals surface area contributed by atoms with Crippen molar-refractivity contribution in [1.29, 1.82) is 0 Å². The Kier molecular flexibility index (Phi) is 8.54. The van der Waals surface area contributed by atoms with Crippen molar-refractivity contribution in [3.8, 4) is 17.0 Å². The zero-order chi connectivity index (χ0) is 29.2. The van der Waals surface area contributed by atoms with Gasteiger partial charge in [-0.3, -0.25) is 14.6 Å². The number of piperidine rings is 1. The molecule has 11 heteroatoms. The number of pyridine rings is 1. The molecular weight excluding hydrogens is 540 g/mol. The van der Waals surface area contributed by atoms with Gasteiger partial charge >= 0.3 is 6.18 Å². The van der Waals surface area contributed by atoms with E-state index in [4.69, 9.17) is 10.5 Å². The zero-order valence-electron chi connectivity index (χ0n) is 23.0. The number of hydrogen-bond acceptors (Lipinski definition) is 5. The summed E-state index contributed by atoms with van der Waals surface area (Å²) in [5, 5.41) is 0. The van der Waals surface area contributed by atoms with Gasteiger partial charge in [-0.05, 0) is 81.8 Å². The molecule has 2 saturated heterocycles. The molecule has 0 spiro atoms. The predicted molar refractivity (Wildman–Crippen MR) is 144 cm³/mol. The molecule has 7 nitrogen and oxygen atoms in total. The van der Waals surface area contributed by atoms with E-state index in [-0.39, 0.29) is 43.3 Å². The van der Waals surface area contributed by atoms with Gasteiger partial charge in [-0.15, -0.1) is 0 Å². The minimum absolute atomic E-state index is 0.0580. The fourth-order valence-corrected chi connectivity index (χ4v) is 6.27. The van der Waals surface area contributed by atoms with E-state index in [0.29, 0.717) is 56.1 Å². The highest BCUT2D eigenvalue weighted by atomic mass is 19.4. The van der Waals surface area contributed by atoms with Gasteiger partial charge in [0.15, 0.2) is 0 Å². The molecule has 2 aliphatic heterocycles. The Bertz CT molecular complexity index is 1240. The average molecular weight is 577 g/mol. The number of alkyl halides is 3. The van der Waals surface area contributed by atoms with E-state index >= 15 is 0 Å². The Balaban J connectivity index is 1.12. The maximum absolute atomic E-state index is 15.0. The van der Waals surface area contributed by atoms with Crippen LogP contribution < -0.4 is 10.5 Å². The van der Waals surface area contributed by atoms with E-state index in [9.17, 15) is 27.2 Å². The van der Waals surface area contributed by atoms with Crippen molar-refractivity contribution in [2.75, 3.05) is 32.8 Å². The van der Waals surface area contributed by atoms with Crippen LogP contribution in [0.5, 0.6) is 5.75 Å². The Morgan fingerprint density at radius 1 is 1.05 bits per heavy atom. The minimum atomic E-state index is -4.14. The third-order valence-electron chi connectivity index (χ3n) is 8.94. The number of nitrogens with zero attached hydrogens (tertiary/aromatic N) is 3. The van der Waals surface area contributed by atoms with E-state index in [1.54, 1.807) is 24.4 Å². The molecule has 3 aliphatic rings. The van der Waals surface area contributed by atoms with E-state index in [2.05, 4.69) is 4.98 Å². The van der Waals surface area contributed by atoms with Crippen LogP contribution in [0.25, 0.3) is 11.3 Å². The van der Waals surface area contributed by atoms with Gasteiger partial charge in [-0.25, -0.2) is 4.39 Å². The first-order valence-corrected chi connectivity index (χ1v) is 14.3. The van der Waals surface area contributed by atoms with Crippen LogP contribution in [0.3, 0.4) is 0 Å². The number of amides is 2. The smallest absolute Gasteiger partial charge is 0.395 e. The van der Waals surface area contributed by atoms with Crippen LogP contribution in [0.4, 0.5) is 17.6 Å². The lowest BCUT2D eigenvalue weighted by atomic mass is 9.67. The number of halogens is 4. The maximum atomic E-state index is 15.0. The molecule has 41 heavy (non-hydrogen) atoms. The first-order chi connectivity index (χ1) is 19.5. The maximum Gasteiger partial charge on any atom is 0.395 e. The van der Waals surface area contributed by atoms with Gasteiger partial charge in [0.2, 0.25) is 5.91 Å². The number of aromatic nitrogens is 1. The third-order valence-corrected chi connectivity index (χ3v) is 8.94. The molecule has 0 bridgehead atoms. The summed E-state index contributed by atoms with van der Waals surface area (Å²) in [5.41, 5.74) is 4.75. The highest BCUT2D eigenvalue weighted by molar-refractivity contribution is 5.95. The molecular formula is C30H36F4N4O3. The van der Waals surface area contributed by atoms with Gasteiger partial charge in [0.05, 0.1) is 29.5 Å². The number of rotatable bonds is 9. The van der Waals surface area contributed by atoms with Gasteiger partial charge in [0.25, 0.3) is 5.91 Å². The molecule has 1 aromatic heterocycles. The van der Waals surface area contributed by atoms with Crippen LogP contribution in [0, 0.1) is 17.2 Å². The number of carbonyl (C=O) groups excluding carboxylic acids is 2. The summed E-state index contributed by atoms with van der Waals surface area (Å²) in [6, 6.07) is 7.50. The minimum Gasteiger partial charge on any atom is -0.492 e. The SMILES string of the molecule is NC(=O)CC1CCCN1C(=O)c1ccc(-c2ccc(OCC3CCN(CC4(C(F)(F)F)CCC4)CC3)cn2)cc1F. The Labute approximate surface area is 237 Å². The van der Waals surface area contributed by atoms with Crippen molar-refractivity contribution in [3.63, 3.8) is 0 Å². The highest BCUT2D eigenvalue weighted by Gasteiger charge is 2.58. The summed E-state index contributed by atoms with van der Waals surface area (Å²) in [6.45, 7) is 2.28. The van der Waals surface area contributed by atoms with E-state index < -0.39 is 29.2 Å². The lowest BCUT2D eigenvalue weighted by molar-refractivity contribution is -0.256. The lowest BCUT2D eigenvalue weighted by Crippen LogP contribution is -2.53. The molecule has 1 aromatic carbocycles. The second-order valence-electron chi connectivity index (χ2n) is 11.7. The van der Waals surface area contributed by atoms with Gasteiger partial charge in [0, 0.05) is 31.1 Å². The molecule has 2 N–H and O–H groups in total. The molecule has 1 atom stereocenters. The summed E-state index contributed by atoms with van der Waals surface area (Å²) in [6.07, 6.45) is 1.56. The van der Waals surface area contributed by atoms with Crippen LogP contribution in [0.2, 0.25) is 0 Å². The molecule has 222 valence electrons. The van der Waals surface area contributed by atoms with Gasteiger partial charge < -0.3 is 20.3 Å². The van der Waals surface area contributed by atoms with Crippen LogP contribution in [-0.4, -0.2) is 71.6 Å². The first-order valence-electron chi connectivity index (χ1n) is 14.3. The number of likely N-dealkylation sites (tertiary alicyclic amines) is 2. The van der Waals surface area contributed by atoms with Crippen molar-refractivity contribution in [3.05, 3.63) is 47.9 Å². The van der Waals surface area contributed by atoms with Crippen LogP contribution in [-0.2, 0) is 4.79 Å². The summed E-state index contributed by atoms with van der Waals surface area (Å²) in [5.74, 6) is -0.793. The second-order valence-corrected chi connectivity index (χ2v) is 11.7. The number of primary amides is 1. The topological polar surface area (TPSA) is 88.8 Å². The number of nitrogens with two attached hydrogens (primary N) is 1. The van der Waals surface area contributed by atoms with Crippen LogP contribution in [0.1, 0.15) is 61.7 Å². The normalized spacial score (nSPS) is 21.5. The molecule has 3 fully saturated rings. The summed E-state index contributed by atoms with van der Waals surface area (Å²) >= 11 is 0. The summed E-state index contributed by atoms with van der Waals surface area (Å²) < 4.78 is 61.4. The molecule has 2 amide bonds. The molecule has 1 unspecified atom stereocenters. The number of hydrogen-bond donors (Lipinski definition) is 1. The summed E-state index contributed by atoms with van der Waals surface area (Å²) in [4.78, 5) is 32.1. The predicted octanol–water partition coefficient (Wildman–Crippen LogP) is 5.19. The number of carbonyl (C=O) groups is 2. The highest BCUT2D eigenvalue weighted by Crippen LogP contribution is 2.53. The zero-order valence-corrected chi connectivity index (χ0v) is 23.0. The number of benzene rings is 1. The third kappa shape index (κ3) is 6.50. The van der Waals surface area contributed by atoms with Gasteiger partial charge in [-0.2, -0.15) is 13.2 Å². The molecule has 0 radical (unpaired) electrons. The fourth-order valence-electron chi connectivity index (χ4n) is 6.27. The monoisotopic (exact) mass is 576 g/mol. The second kappa shape index (κ2) is 12.0. The first kappa shape index (κ1) is 29.3. The average Bonchev–Trinajstić information content (AvgIpc) is 3.37. The Morgan fingerprint density at radius 2 is 1.80 bits per heavy atom. The molecule has 3 heterocycles. The molecule has 1 saturated carbocycles. The fraction of sp³-hybridized carbons (Fsp3) is 0.567. The van der Waals surface area contributed by atoms with Crippen molar-refractivity contribution in [2.45, 2.75) is 63.6 Å². The van der Waals surface area contributed by atoms with Crippen molar-refractivity contribution >= 4 is 11.8 Å². The number of ether oxygens (including phenoxy) is 1. The largest absolute Gasteiger partial charge is 0.492 e. The summed E-state index contributed by atoms with van der Waals surface area (Å²) in [7, 11) is 0. The van der Waals surface area contributed by atoms with E-state index in [1.165, 1.54) is 17.0 Å². The molecule has 2 aromatic rings. The van der Waals surface area contributed by atoms with E-state index in [1.807, 2.05) is 4.90 Å². The Morgan fingerprint density at radius 3 is 2.39 bits per heavy atom. The molecule has 5 rings (SSSR count). The van der Waals surface area contributed by atoms with Gasteiger partial charge in [0.1, 0.15) is 11.6 Å². The molecule has 1 aliphatic carbocycles. The van der Waals surface area contributed by atoms with Crippen molar-refractivity contribution in [1.82, 2.24) is 14.8 Å². The van der Waals surface area contributed by atoms with Gasteiger partial charge in [-0.1, -0.05) is 12.5 Å². The van der Waals surface area contributed by atoms with Crippen LogP contribution in [0.15, 0.2) is 36.5 Å². The van der Waals surface area contributed by atoms with Crippen molar-refractivity contribution < 1.29 is 31.9 Å². The van der Waals surface area contributed by atoms with E-state index in [0.717, 1.165) is 19.3 Å². The quantitative estimate of drug-likeness (QED) is 0.415.